The molecule has 0 amide bonds. The molecule has 4 heterocycles. The minimum atomic E-state index is -0.332. The van der Waals surface area contributed by atoms with E-state index < -0.39 is 0 Å². The van der Waals surface area contributed by atoms with E-state index in [4.69, 9.17) is 4.98 Å². The molecule has 0 bridgehead atoms. The third kappa shape index (κ3) is 3.38. The predicted octanol–water partition coefficient (Wildman–Crippen LogP) is 1.45. The average molecular weight is 365 g/mol. The number of aliphatic hydroxyl groups excluding tert-OH is 1. The van der Waals surface area contributed by atoms with Gasteiger partial charge in [-0.3, -0.25) is 0 Å². The van der Waals surface area contributed by atoms with Crippen LogP contribution in [0, 0.1) is 5.92 Å². The molecular weight excluding hydrogens is 342 g/mol. The topological polar surface area (TPSA) is 100 Å². The molecule has 2 atom stereocenters. The van der Waals surface area contributed by atoms with Crippen molar-refractivity contribution in [3.63, 3.8) is 0 Å². The summed E-state index contributed by atoms with van der Waals surface area (Å²) in [4.78, 5) is 13.7. The lowest BCUT2D eigenvalue weighted by Gasteiger charge is -2.28. The summed E-state index contributed by atoms with van der Waals surface area (Å²) in [6.07, 6.45) is 8.66. The molecule has 0 aromatic carbocycles. The van der Waals surface area contributed by atoms with Crippen molar-refractivity contribution in [2.45, 2.75) is 31.3 Å². The lowest BCUT2D eigenvalue weighted by atomic mass is 9.95. The van der Waals surface area contributed by atoms with Crippen molar-refractivity contribution >= 4 is 11.6 Å². The van der Waals surface area contributed by atoms with Crippen LogP contribution in [0.3, 0.4) is 0 Å². The first-order valence-corrected chi connectivity index (χ1v) is 9.58. The van der Waals surface area contributed by atoms with E-state index >= 15 is 0 Å². The molecule has 1 aliphatic carbocycles. The maximum absolute atomic E-state index is 10.1. The van der Waals surface area contributed by atoms with Crippen molar-refractivity contribution in [2.24, 2.45) is 5.92 Å². The number of hydrogen-bond acceptors (Lipinski definition) is 7. The number of β-amino-alcohol motifs (C(OH)–C–C–N with tert-alkyl or cyclic N) is 1. The van der Waals surface area contributed by atoms with Gasteiger partial charge in [0.05, 0.1) is 23.7 Å². The first-order valence-electron chi connectivity index (χ1n) is 9.58. The summed E-state index contributed by atoms with van der Waals surface area (Å²) in [5.41, 5.74) is 3.74. The number of piperidine rings is 1. The summed E-state index contributed by atoms with van der Waals surface area (Å²) in [7, 11) is 0. The molecule has 0 spiro atoms. The van der Waals surface area contributed by atoms with E-state index in [0.29, 0.717) is 25.0 Å². The van der Waals surface area contributed by atoms with Gasteiger partial charge in [-0.1, -0.05) is 0 Å². The zero-order chi connectivity index (χ0) is 18.2. The molecule has 0 radical (unpaired) electrons. The van der Waals surface area contributed by atoms with Gasteiger partial charge in [0, 0.05) is 37.0 Å². The summed E-state index contributed by atoms with van der Waals surface area (Å²) < 4.78 is 1.83. The third-order valence-corrected chi connectivity index (χ3v) is 5.44. The maximum Gasteiger partial charge on any atom is 0.223 e. The summed E-state index contributed by atoms with van der Waals surface area (Å²) in [6, 6.07) is 3.80. The van der Waals surface area contributed by atoms with Crippen LogP contribution in [0.1, 0.15) is 30.7 Å². The molecule has 140 valence electrons. The minimum Gasteiger partial charge on any atom is -0.391 e. The molecule has 1 aliphatic heterocycles. The number of rotatable bonds is 5. The Morgan fingerprint density at radius 1 is 1.19 bits per heavy atom. The fraction of sp³-hybridized carbons (Fsp3) is 0.474. The normalized spacial score (nSPS) is 22.9. The van der Waals surface area contributed by atoms with Gasteiger partial charge < -0.3 is 15.7 Å². The Labute approximate surface area is 157 Å². The van der Waals surface area contributed by atoms with Crippen molar-refractivity contribution in [2.75, 3.05) is 25.0 Å². The fourth-order valence-corrected chi connectivity index (χ4v) is 3.65. The zero-order valence-electron chi connectivity index (χ0n) is 15.0. The highest BCUT2D eigenvalue weighted by Crippen LogP contribution is 2.41. The number of aromatic nitrogens is 5. The van der Waals surface area contributed by atoms with Crippen LogP contribution < -0.4 is 10.6 Å². The number of fused-ring (bicyclic) bond motifs is 1. The second-order valence-corrected chi connectivity index (χ2v) is 7.42. The van der Waals surface area contributed by atoms with E-state index in [1.807, 2.05) is 29.0 Å². The molecule has 3 N–H and O–H groups in total. The van der Waals surface area contributed by atoms with E-state index in [0.717, 1.165) is 30.0 Å². The van der Waals surface area contributed by atoms with Gasteiger partial charge in [-0.2, -0.15) is 5.10 Å². The standard InChI is InChI=1S/C19H23N7O/c27-17-11-20-6-3-13(17)9-22-19-21-7-4-15(25-19)16-5-8-26-18(24-16)14(10-23-26)12-1-2-12/h4-5,7-8,10,12-13,17,20,27H,1-3,6,9,11H2,(H,21,22,25). The first kappa shape index (κ1) is 16.6. The second-order valence-electron chi connectivity index (χ2n) is 7.42. The van der Waals surface area contributed by atoms with Crippen molar-refractivity contribution in [3.05, 3.63) is 36.3 Å². The van der Waals surface area contributed by atoms with Gasteiger partial charge in [-0.25, -0.2) is 19.5 Å². The highest BCUT2D eigenvalue weighted by molar-refractivity contribution is 5.61. The van der Waals surface area contributed by atoms with E-state index in [-0.39, 0.29) is 12.0 Å². The van der Waals surface area contributed by atoms with Gasteiger partial charge in [0.15, 0.2) is 5.65 Å². The lowest BCUT2D eigenvalue weighted by molar-refractivity contribution is 0.0883. The molecule has 5 rings (SSSR count). The molecule has 3 aromatic rings. The molecule has 8 nitrogen and oxygen atoms in total. The number of aliphatic hydroxyl groups is 1. The largest absolute Gasteiger partial charge is 0.391 e. The molecule has 8 heteroatoms. The van der Waals surface area contributed by atoms with Crippen LogP contribution in [0.25, 0.3) is 17.0 Å². The van der Waals surface area contributed by atoms with Crippen molar-refractivity contribution in [1.82, 2.24) is 29.9 Å². The lowest BCUT2D eigenvalue weighted by Crippen LogP contribution is -2.43. The molecule has 2 fully saturated rings. The smallest absolute Gasteiger partial charge is 0.223 e. The Hall–Kier alpha value is -2.58. The summed E-state index contributed by atoms with van der Waals surface area (Å²) in [5.74, 6) is 1.38. The molecule has 1 saturated heterocycles. The quantitative estimate of drug-likeness (QED) is 0.629. The summed E-state index contributed by atoms with van der Waals surface area (Å²) in [5, 5.41) is 20.9. The SMILES string of the molecule is OC1CNCCC1CNc1nccc(-c2ccn3ncc(C4CC4)c3n2)n1. The Kier molecular flexibility index (Phi) is 4.21. The minimum absolute atomic E-state index is 0.209. The summed E-state index contributed by atoms with van der Waals surface area (Å²) in [6.45, 7) is 2.24. The van der Waals surface area contributed by atoms with E-state index in [2.05, 4.69) is 25.7 Å². The fourth-order valence-electron chi connectivity index (χ4n) is 3.65. The number of anilines is 1. The Bertz CT molecular complexity index is 952. The van der Waals surface area contributed by atoms with Crippen LogP contribution >= 0.6 is 0 Å². The van der Waals surface area contributed by atoms with Crippen LogP contribution in [0.2, 0.25) is 0 Å². The average Bonchev–Trinajstić information content (AvgIpc) is 3.46. The molecule has 2 aliphatic rings. The van der Waals surface area contributed by atoms with Crippen LogP contribution in [-0.2, 0) is 0 Å². The van der Waals surface area contributed by atoms with Crippen LogP contribution in [-0.4, -0.2) is 55.4 Å². The maximum atomic E-state index is 10.1. The summed E-state index contributed by atoms with van der Waals surface area (Å²) >= 11 is 0. The van der Waals surface area contributed by atoms with E-state index in [1.54, 1.807) is 6.20 Å². The van der Waals surface area contributed by atoms with Crippen molar-refractivity contribution in [3.8, 4) is 11.4 Å². The molecule has 27 heavy (non-hydrogen) atoms. The van der Waals surface area contributed by atoms with Gasteiger partial charge in [0.1, 0.15) is 0 Å². The molecule has 3 aromatic heterocycles. The molecular formula is C19H23N7O. The van der Waals surface area contributed by atoms with Gasteiger partial charge in [-0.15, -0.1) is 0 Å². The number of hydrogen-bond donors (Lipinski definition) is 3. The predicted molar refractivity (Wildman–Crippen MR) is 101 cm³/mol. The number of nitrogens with zero attached hydrogens (tertiary/aromatic N) is 5. The van der Waals surface area contributed by atoms with Crippen molar-refractivity contribution < 1.29 is 5.11 Å². The van der Waals surface area contributed by atoms with Gasteiger partial charge in [-0.05, 0) is 43.9 Å². The monoisotopic (exact) mass is 365 g/mol. The van der Waals surface area contributed by atoms with Crippen LogP contribution in [0.15, 0.2) is 30.7 Å². The highest BCUT2D eigenvalue weighted by Gasteiger charge is 2.27. The zero-order valence-corrected chi connectivity index (χ0v) is 15.0. The Balaban J connectivity index is 1.37. The van der Waals surface area contributed by atoms with Crippen LogP contribution in [0.4, 0.5) is 5.95 Å². The highest BCUT2D eigenvalue weighted by atomic mass is 16.3. The van der Waals surface area contributed by atoms with Gasteiger partial charge >= 0.3 is 0 Å². The van der Waals surface area contributed by atoms with E-state index in [1.165, 1.54) is 18.4 Å². The second kappa shape index (κ2) is 6.86. The first-order chi connectivity index (χ1) is 13.3. The van der Waals surface area contributed by atoms with Gasteiger partial charge in [0.25, 0.3) is 0 Å². The van der Waals surface area contributed by atoms with Crippen molar-refractivity contribution in [1.29, 1.82) is 0 Å². The van der Waals surface area contributed by atoms with Crippen LogP contribution in [0.5, 0.6) is 0 Å². The third-order valence-electron chi connectivity index (χ3n) is 5.44. The molecule has 1 saturated carbocycles. The van der Waals surface area contributed by atoms with Gasteiger partial charge in [0.2, 0.25) is 5.95 Å². The Morgan fingerprint density at radius 2 is 2.07 bits per heavy atom. The number of nitrogens with one attached hydrogen (secondary N) is 2. The Morgan fingerprint density at radius 3 is 2.93 bits per heavy atom. The molecule has 2 unspecified atom stereocenters. The van der Waals surface area contributed by atoms with E-state index in [9.17, 15) is 5.11 Å².